The van der Waals surface area contributed by atoms with Crippen LogP contribution in [-0.2, 0) is 7.05 Å². The number of ketones is 1. The first-order valence-electron chi connectivity index (χ1n) is 5.51. The van der Waals surface area contributed by atoms with Crippen LogP contribution in [0.2, 0.25) is 0 Å². The largest absolute Gasteiger partial charge is 0.393 e. The van der Waals surface area contributed by atoms with Crippen LogP contribution in [0.25, 0.3) is 0 Å². The van der Waals surface area contributed by atoms with E-state index in [4.69, 9.17) is 5.11 Å². The van der Waals surface area contributed by atoms with Crippen LogP contribution in [0.3, 0.4) is 0 Å². The molecule has 0 fully saturated rings. The van der Waals surface area contributed by atoms with Crippen molar-refractivity contribution in [1.29, 1.82) is 0 Å². The molecule has 0 bridgehead atoms. The summed E-state index contributed by atoms with van der Waals surface area (Å²) in [6, 6.07) is 1.82. The van der Waals surface area contributed by atoms with Gasteiger partial charge in [-0.3, -0.25) is 9.69 Å². The second-order valence-corrected chi connectivity index (χ2v) is 4.36. The van der Waals surface area contributed by atoms with Crippen LogP contribution in [0.15, 0.2) is 18.5 Å². The van der Waals surface area contributed by atoms with Gasteiger partial charge < -0.3 is 9.67 Å². The number of aryl methyl sites for hydroxylation is 1. The predicted octanol–water partition coefficient (Wildman–Crippen LogP) is 0.910. The molecule has 16 heavy (non-hydrogen) atoms. The molecule has 0 aromatic carbocycles. The van der Waals surface area contributed by atoms with Crippen LogP contribution < -0.4 is 0 Å². The molecule has 1 atom stereocenters. The highest BCUT2D eigenvalue weighted by molar-refractivity contribution is 5.97. The second kappa shape index (κ2) is 5.82. The number of hydrogen-bond acceptors (Lipinski definition) is 3. The Bertz CT molecular complexity index is 345. The van der Waals surface area contributed by atoms with Crippen LogP contribution >= 0.6 is 0 Å². The zero-order valence-electron chi connectivity index (χ0n) is 10.2. The molecule has 0 aliphatic carbocycles. The summed E-state index contributed by atoms with van der Waals surface area (Å²) in [4.78, 5) is 13.7. The molecular formula is C12H20N2O2. The molecule has 1 aromatic heterocycles. The molecule has 0 saturated heterocycles. The molecule has 1 N–H and O–H groups in total. The monoisotopic (exact) mass is 224 g/mol. The third-order valence-electron chi connectivity index (χ3n) is 2.50. The molecule has 1 unspecified atom stereocenters. The first kappa shape index (κ1) is 12.9. The number of nitrogens with zero attached hydrogens (tertiary/aromatic N) is 2. The third-order valence-corrected chi connectivity index (χ3v) is 2.50. The van der Waals surface area contributed by atoms with Crippen molar-refractivity contribution in [2.24, 2.45) is 7.05 Å². The van der Waals surface area contributed by atoms with Crippen molar-refractivity contribution in [3.05, 3.63) is 24.0 Å². The van der Waals surface area contributed by atoms with Gasteiger partial charge in [-0.15, -0.1) is 0 Å². The number of hydrogen-bond donors (Lipinski definition) is 1. The van der Waals surface area contributed by atoms with Crippen molar-refractivity contribution < 1.29 is 9.90 Å². The van der Waals surface area contributed by atoms with Crippen LogP contribution in [0.1, 0.15) is 23.7 Å². The van der Waals surface area contributed by atoms with E-state index in [2.05, 4.69) is 0 Å². The highest BCUT2D eigenvalue weighted by Gasteiger charge is 2.10. The van der Waals surface area contributed by atoms with Gasteiger partial charge >= 0.3 is 0 Å². The minimum atomic E-state index is -0.311. The minimum Gasteiger partial charge on any atom is -0.393 e. The number of rotatable bonds is 6. The van der Waals surface area contributed by atoms with Gasteiger partial charge in [-0.2, -0.15) is 0 Å². The summed E-state index contributed by atoms with van der Waals surface area (Å²) in [6.07, 6.45) is 4.07. The molecule has 1 rings (SSSR count). The SMILES string of the molecule is CC(O)CCN(C)CC(=O)c1ccn(C)c1. The van der Waals surface area contributed by atoms with Gasteiger partial charge in [-0.05, 0) is 26.5 Å². The molecule has 4 heteroatoms. The number of Topliss-reactive ketones (excluding diaryl/α,β-unsaturated/α-hetero) is 1. The van der Waals surface area contributed by atoms with Crippen molar-refractivity contribution in [3.8, 4) is 0 Å². The first-order chi connectivity index (χ1) is 7.49. The van der Waals surface area contributed by atoms with Gasteiger partial charge in [0.05, 0.1) is 12.6 Å². The number of likely N-dealkylation sites (N-methyl/N-ethyl adjacent to an activating group) is 1. The predicted molar refractivity (Wildman–Crippen MR) is 63.5 cm³/mol. The summed E-state index contributed by atoms with van der Waals surface area (Å²) in [5, 5.41) is 9.14. The Labute approximate surface area is 96.5 Å². The van der Waals surface area contributed by atoms with E-state index in [9.17, 15) is 4.79 Å². The highest BCUT2D eigenvalue weighted by Crippen LogP contribution is 2.02. The Hall–Kier alpha value is -1.13. The Morgan fingerprint density at radius 2 is 2.31 bits per heavy atom. The maximum atomic E-state index is 11.8. The molecule has 0 saturated carbocycles. The second-order valence-electron chi connectivity index (χ2n) is 4.36. The number of aliphatic hydroxyl groups is 1. The van der Waals surface area contributed by atoms with E-state index in [1.54, 1.807) is 6.92 Å². The lowest BCUT2D eigenvalue weighted by Crippen LogP contribution is -2.28. The van der Waals surface area contributed by atoms with E-state index in [0.717, 1.165) is 12.1 Å². The quantitative estimate of drug-likeness (QED) is 0.731. The van der Waals surface area contributed by atoms with Crippen LogP contribution in [0, 0.1) is 0 Å². The van der Waals surface area contributed by atoms with E-state index in [0.29, 0.717) is 13.0 Å². The molecule has 4 nitrogen and oxygen atoms in total. The summed E-state index contributed by atoms with van der Waals surface area (Å²) in [5.74, 6) is 0.119. The number of carbonyl (C=O) groups is 1. The molecule has 1 heterocycles. The zero-order valence-corrected chi connectivity index (χ0v) is 10.2. The van der Waals surface area contributed by atoms with Crippen LogP contribution in [-0.4, -0.2) is 46.6 Å². The van der Waals surface area contributed by atoms with Gasteiger partial charge in [-0.1, -0.05) is 0 Å². The molecule has 0 amide bonds. The fourth-order valence-electron chi connectivity index (χ4n) is 1.49. The third kappa shape index (κ3) is 4.16. The topological polar surface area (TPSA) is 45.5 Å². The summed E-state index contributed by atoms with van der Waals surface area (Å²) in [5.41, 5.74) is 0.742. The molecule has 0 aliphatic rings. The average Bonchev–Trinajstić information content (AvgIpc) is 2.62. The van der Waals surface area contributed by atoms with E-state index in [-0.39, 0.29) is 11.9 Å². The van der Waals surface area contributed by atoms with Gasteiger partial charge in [0.25, 0.3) is 0 Å². The highest BCUT2D eigenvalue weighted by atomic mass is 16.3. The van der Waals surface area contributed by atoms with Crippen molar-refractivity contribution in [1.82, 2.24) is 9.47 Å². The van der Waals surface area contributed by atoms with Gasteiger partial charge in [0, 0.05) is 31.5 Å². The van der Waals surface area contributed by atoms with E-state index >= 15 is 0 Å². The van der Waals surface area contributed by atoms with Crippen molar-refractivity contribution in [3.63, 3.8) is 0 Å². The zero-order chi connectivity index (χ0) is 12.1. The fraction of sp³-hybridized carbons (Fsp3) is 0.583. The number of aromatic nitrogens is 1. The van der Waals surface area contributed by atoms with Crippen molar-refractivity contribution in [2.75, 3.05) is 20.1 Å². The molecule has 0 spiro atoms. The Balaban J connectivity index is 2.39. The number of aliphatic hydroxyl groups excluding tert-OH is 1. The Morgan fingerprint density at radius 3 is 2.81 bits per heavy atom. The molecule has 1 aromatic rings. The Morgan fingerprint density at radius 1 is 1.62 bits per heavy atom. The lowest BCUT2D eigenvalue weighted by atomic mass is 10.2. The number of carbonyl (C=O) groups excluding carboxylic acids is 1. The van der Waals surface area contributed by atoms with Gasteiger partial charge in [0.2, 0.25) is 0 Å². The van der Waals surface area contributed by atoms with Crippen LogP contribution in [0.5, 0.6) is 0 Å². The molecule has 0 radical (unpaired) electrons. The lowest BCUT2D eigenvalue weighted by Gasteiger charge is -2.16. The Kier molecular flexibility index (Phi) is 4.71. The fourth-order valence-corrected chi connectivity index (χ4v) is 1.49. The molecule has 90 valence electrons. The maximum absolute atomic E-state index is 11.8. The van der Waals surface area contributed by atoms with E-state index in [1.165, 1.54) is 0 Å². The van der Waals surface area contributed by atoms with E-state index in [1.807, 2.05) is 42.0 Å². The first-order valence-corrected chi connectivity index (χ1v) is 5.51. The molecular weight excluding hydrogens is 204 g/mol. The van der Waals surface area contributed by atoms with Gasteiger partial charge in [0.15, 0.2) is 5.78 Å². The standard InChI is InChI=1S/C12H20N2O2/c1-10(15)4-6-14(3)9-12(16)11-5-7-13(2)8-11/h5,7-8,10,15H,4,6,9H2,1-3H3. The summed E-state index contributed by atoms with van der Waals surface area (Å²) < 4.78 is 1.86. The maximum Gasteiger partial charge on any atom is 0.178 e. The summed E-state index contributed by atoms with van der Waals surface area (Å²) >= 11 is 0. The summed E-state index contributed by atoms with van der Waals surface area (Å²) in [7, 11) is 3.79. The summed E-state index contributed by atoms with van der Waals surface area (Å²) in [6.45, 7) is 2.89. The van der Waals surface area contributed by atoms with E-state index < -0.39 is 0 Å². The molecule has 0 aliphatic heterocycles. The van der Waals surface area contributed by atoms with Crippen LogP contribution in [0.4, 0.5) is 0 Å². The van der Waals surface area contributed by atoms with Gasteiger partial charge in [-0.25, -0.2) is 0 Å². The smallest absolute Gasteiger partial charge is 0.178 e. The minimum absolute atomic E-state index is 0.119. The van der Waals surface area contributed by atoms with Crippen molar-refractivity contribution >= 4 is 5.78 Å². The van der Waals surface area contributed by atoms with Crippen molar-refractivity contribution in [2.45, 2.75) is 19.4 Å². The normalized spacial score (nSPS) is 13.1. The lowest BCUT2D eigenvalue weighted by molar-refractivity contribution is 0.0931. The average molecular weight is 224 g/mol. The van der Waals surface area contributed by atoms with Gasteiger partial charge in [0.1, 0.15) is 0 Å².